The van der Waals surface area contributed by atoms with Gasteiger partial charge < -0.3 is 24.3 Å². The van der Waals surface area contributed by atoms with E-state index in [4.69, 9.17) is 30.5 Å². The minimum Gasteiger partial charge on any atom is -0.493 e. The molecule has 0 radical (unpaired) electrons. The van der Waals surface area contributed by atoms with Crippen molar-refractivity contribution in [1.29, 1.82) is 0 Å². The average molecular weight is 414 g/mol. The first-order valence-corrected chi connectivity index (χ1v) is 9.84. The van der Waals surface area contributed by atoms with Crippen LogP contribution in [-0.2, 0) is 9.47 Å². The number of rotatable bonds is 5. The summed E-state index contributed by atoms with van der Waals surface area (Å²) in [4.78, 5) is 8.78. The molecule has 3 heterocycles. The first-order valence-electron chi connectivity index (χ1n) is 9.46. The van der Waals surface area contributed by atoms with Crippen molar-refractivity contribution in [2.45, 2.75) is 24.7 Å². The minimum absolute atomic E-state index is 0.0409. The molecule has 2 aliphatic rings. The topological polar surface area (TPSA) is 74.7 Å². The van der Waals surface area contributed by atoms with Gasteiger partial charge in [0.05, 0.1) is 25.3 Å². The summed E-state index contributed by atoms with van der Waals surface area (Å²) < 4.78 is 23.4. The number of hydrogen-bond donors (Lipinski definition) is 1. The number of nitrogens with one attached hydrogen (secondary N) is 1. The summed E-state index contributed by atoms with van der Waals surface area (Å²) in [5.41, 5.74) is 1.58. The molecule has 2 aromatic carbocycles. The number of halogens is 1. The fourth-order valence-electron chi connectivity index (χ4n) is 3.81. The van der Waals surface area contributed by atoms with Gasteiger partial charge in [0.15, 0.2) is 17.6 Å². The third-order valence-corrected chi connectivity index (χ3v) is 5.44. The number of fused-ring (bicyclic) bond motifs is 2. The van der Waals surface area contributed by atoms with Crippen LogP contribution in [0.1, 0.15) is 6.42 Å². The predicted molar refractivity (Wildman–Crippen MR) is 109 cm³/mol. The largest absolute Gasteiger partial charge is 0.493 e. The van der Waals surface area contributed by atoms with Crippen molar-refractivity contribution < 1.29 is 18.9 Å². The summed E-state index contributed by atoms with van der Waals surface area (Å²) in [7, 11) is 1.61. The molecule has 2 unspecified atom stereocenters. The van der Waals surface area contributed by atoms with Crippen LogP contribution >= 0.6 is 11.6 Å². The molecule has 3 aromatic rings. The van der Waals surface area contributed by atoms with Crippen LogP contribution in [0.4, 0.5) is 11.5 Å². The maximum atomic E-state index is 6.22. The van der Waals surface area contributed by atoms with E-state index < -0.39 is 0 Å². The van der Waals surface area contributed by atoms with Crippen molar-refractivity contribution in [3.8, 4) is 11.5 Å². The second-order valence-corrected chi connectivity index (χ2v) is 7.47. The monoisotopic (exact) mass is 413 g/mol. The molecule has 2 aliphatic heterocycles. The highest BCUT2D eigenvalue weighted by atomic mass is 35.5. The number of hydrogen-bond acceptors (Lipinski definition) is 7. The Labute approximate surface area is 172 Å². The first-order chi connectivity index (χ1) is 14.2. The normalized spacial score (nSPS) is 23.2. The number of nitrogens with zero attached hydrogens (tertiary/aromatic N) is 2. The van der Waals surface area contributed by atoms with Crippen LogP contribution in [0.25, 0.3) is 10.9 Å². The highest BCUT2D eigenvalue weighted by molar-refractivity contribution is 6.30. The van der Waals surface area contributed by atoms with E-state index in [9.17, 15) is 0 Å². The number of benzene rings is 2. The average Bonchev–Trinajstić information content (AvgIpc) is 3.33. The van der Waals surface area contributed by atoms with Crippen molar-refractivity contribution in [2.75, 3.05) is 25.6 Å². The summed E-state index contributed by atoms with van der Waals surface area (Å²) in [5, 5.41) is 4.75. The molecule has 0 spiro atoms. The molecule has 0 amide bonds. The van der Waals surface area contributed by atoms with E-state index in [0.717, 1.165) is 23.0 Å². The Morgan fingerprint density at radius 1 is 1.14 bits per heavy atom. The van der Waals surface area contributed by atoms with Gasteiger partial charge in [-0.15, -0.1) is 0 Å². The van der Waals surface area contributed by atoms with E-state index in [-0.39, 0.29) is 18.3 Å². The molecule has 1 aromatic heterocycles. The van der Waals surface area contributed by atoms with Gasteiger partial charge in [-0.3, -0.25) is 0 Å². The SMILES string of the molecule is COc1cc2c(Nc3cccc(Cl)c3)ncnc2cc1O[C@@H]1COC2CCOC21. The van der Waals surface area contributed by atoms with E-state index in [2.05, 4.69) is 15.3 Å². The standard InChI is InChI=1S/C21H20ClN3O4/c1-26-17-8-14-15(9-18(17)29-19-10-28-16-5-6-27-20(16)19)23-11-24-21(14)25-13-4-2-3-12(22)7-13/h2-4,7-9,11,16,19-20H,5-6,10H2,1H3,(H,23,24,25)/t16?,19-,20?/m1/s1. The lowest BCUT2D eigenvalue weighted by Crippen LogP contribution is -2.32. The van der Waals surface area contributed by atoms with Gasteiger partial charge >= 0.3 is 0 Å². The zero-order chi connectivity index (χ0) is 19.8. The van der Waals surface area contributed by atoms with Crippen molar-refractivity contribution in [3.05, 3.63) is 47.7 Å². The van der Waals surface area contributed by atoms with Crippen LogP contribution in [0.3, 0.4) is 0 Å². The third-order valence-electron chi connectivity index (χ3n) is 5.21. The van der Waals surface area contributed by atoms with Crippen molar-refractivity contribution >= 4 is 34.0 Å². The Morgan fingerprint density at radius 2 is 2.07 bits per heavy atom. The zero-order valence-corrected chi connectivity index (χ0v) is 16.6. The van der Waals surface area contributed by atoms with Crippen LogP contribution in [0.5, 0.6) is 11.5 Å². The molecule has 150 valence electrons. The minimum atomic E-state index is -0.167. The number of anilines is 2. The molecule has 29 heavy (non-hydrogen) atoms. The summed E-state index contributed by atoms with van der Waals surface area (Å²) in [5.74, 6) is 1.87. The Kier molecular flexibility index (Phi) is 4.87. The van der Waals surface area contributed by atoms with Crippen molar-refractivity contribution in [1.82, 2.24) is 9.97 Å². The fourth-order valence-corrected chi connectivity index (χ4v) is 4.00. The van der Waals surface area contributed by atoms with Gasteiger partial charge in [0.1, 0.15) is 18.2 Å². The molecular weight excluding hydrogens is 394 g/mol. The molecule has 7 nitrogen and oxygen atoms in total. The number of methoxy groups -OCH3 is 1. The van der Waals surface area contributed by atoms with Gasteiger partial charge in [-0.2, -0.15) is 0 Å². The molecule has 0 saturated carbocycles. The third kappa shape index (κ3) is 3.57. The van der Waals surface area contributed by atoms with Gasteiger partial charge in [0.25, 0.3) is 0 Å². The van der Waals surface area contributed by atoms with Crippen molar-refractivity contribution in [3.63, 3.8) is 0 Å². The van der Waals surface area contributed by atoms with Crippen LogP contribution in [0.15, 0.2) is 42.7 Å². The van der Waals surface area contributed by atoms with Crippen LogP contribution in [-0.4, -0.2) is 48.6 Å². The van der Waals surface area contributed by atoms with E-state index >= 15 is 0 Å². The van der Waals surface area contributed by atoms with E-state index in [1.54, 1.807) is 7.11 Å². The van der Waals surface area contributed by atoms with Crippen molar-refractivity contribution in [2.24, 2.45) is 0 Å². The molecule has 2 saturated heterocycles. The predicted octanol–water partition coefficient (Wildman–Crippen LogP) is 3.97. The van der Waals surface area contributed by atoms with E-state index in [1.165, 1.54) is 6.33 Å². The Bertz CT molecular complexity index is 1050. The highest BCUT2D eigenvalue weighted by Crippen LogP contribution is 2.37. The molecule has 8 heteroatoms. The molecule has 0 aliphatic carbocycles. The second kappa shape index (κ2) is 7.67. The number of ether oxygens (including phenoxy) is 4. The Balaban J connectivity index is 1.47. The highest BCUT2D eigenvalue weighted by Gasteiger charge is 2.43. The quantitative estimate of drug-likeness (QED) is 0.678. The van der Waals surface area contributed by atoms with E-state index in [1.807, 2.05) is 36.4 Å². The van der Waals surface area contributed by atoms with Gasteiger partial charge in [-0.1, -0.05) is 17.7 Å². The Hall–Kier alpha value is -2.61. The molecular formula is C21H20ClN3O4. The maximum absolute atomic E-state index is 6.22. The fraction of sp³-hybridized carbons (Fsp3) is 0.333. The number of aromatic nitrogens is 2. The lowest BCUT2D eigenvalue weighted by Gasteiger charge is -2.20. The molecule has 2 fully saturated rings. The first kappa shape index (κ1) is 18.4. The lowest BCUT2D eigenvalue weighted by molar-refractivity contribution is 0.0298. The Morgan fingerprint density at radius 3 is 2.93 bits per heavy atom. The van der Waals surface area contributed by atoms with Gasteiger partial charge in [-0.05, 0) is 30.7 Å². The van der Waals surface area contributed by atoms with Gasteiger partial charge in [0, 0.05) is 28.8 Å². The summed E-state index contributed by atoms with van der Waals surface area (Å²) in [6.07, 6.45) is 2.33. The van der Waals surface area contributed by atoms with Gasteiger partial charge in [-0.25, -0.2) is 9.97 Å². The second-order valence-electron chi connectivity index (χ2n) is 7.03. The summed E-state index contributed by atoms with van der Waals surface area (Å²) in [6, 6.07) is 11.2. The smallest absolute Gasteiger partial charge is 0.164 e. The lowest BCUT2D eigenvalue weighted by atomic mass is 10.1. The zero-order valence-electron chi connectivity index (χ0n) is 15.8. The van der Waals surface area contributed by atoms with Crippen LogP contribution in [0, 0.1) is 0 Å². The summed E-state index contributed by atoms with van der Waals surface area (Å²) in [6.45, 7) is 1.21. The molecule has 5 rings (SSSR count). The molecule has 0 bridgehead atoms. The maximum Gasteiger partial charge on any atom is 0.164 e. The summed E-state index contributed by atoms with van der Waals surface area (Å²) >= 11 is 6.09. The van der Waals surface area contributed by atoms with Crippen LogP contribution in [0.2, 0.25) is 5.02 Å². The molecule has 1 N–H and O–H groups in total. The molecule has 3 atom stereocenters. The van der Waals surface area contributed by atoms with Gasteiger partial charge in [0.2, 0.25) is 0 Å². The van der Waals surface area contributed by atoms with Crippen LogP contribution < -0.4 is 14.8 Å². The van der Waals surface area contributed by atoms with E-state index in [0.29, 0.717) is 35.6 Å².